The van der Waals surface area contributed by atoms with Gasteiger partial charge in [-0.05, 0) is 57.5 Å². The summed E-state index contributed by atoms with van der Waals surface area (Å²) in [5.41, 5.74) is 1.74. The highest BCUT2D eigenvalue weighted by molar-refractivity contribution is 5.82. The SMILES string of the molecule is CCCNC(=O)C1(C)COC(c2nc(-c3ccc(F)cc3)c(-c3ccnc(NC(C)C)n3)[nH]2)OC1. The van der Waals surface area contributed by atoms with Crippen LogP contribution in [0.1, 0.15) is 46.2 Å². The van der Waals surface area contributed by atoms with Crippen LogP contribution < -0.4 is 10.6 Å². The molecular formula is C25H31FN6O3. The number of hydrogen-bond donors (Lipinski definition) is 3. The van der Waals surface area contributed by atoms with Gasteiger partial charge in [0.1, 0.15) is 5.82 Å². The number of amides is 1. The van der Waals surface area contributed by atoms with E-state index in [1.165, 1.54) is 12.1 Å². The highest BCUT2D eigenvalue weighted by Crippen LogP contribution is 2.35. The number of benzene rings is 1. The lowest BCUT2D eigenvalue weighted by atomic mass is 9.91. The van der Waals surface area contributed by atoms with Gasteiger partial charge in [0.05, 0.1) is 35.7 Å². The first-order valence-corrected chi connectivity index (χ1v) is 11.8. The van der Waals surface area contributed by atoms with Crippen LogP contribution in [0.15, 0.2) is 36.5 Å². The molecule has 0 spiro atoms. The van der Waals surface area contributed by atoms with E-state index in [4.69, 9.17) is 14.5 Å². The summed E-state index contributed by atoms with van der Waals surface area (Å²) >= 11 is 0. The minimum absolute atomic E-state index is 0.101. The molecule has 3 N–H and O–H groups in total. The summed E-state index contributed by atoms with van der Waals surface area (Å²) in [5.74, 6) is 0.484. The van der Waals surface area contributed by atoms with Crippen molar-refractivity contribution in [1.82, 2.24) is 25.3 Å². The largest absolute Gasteiger partial charge is 0.355 e. The molecule has 2 aromatic heterocycles. The zero-order valence-electron chi connectivity index (χ0n) is 20.4. The number of carbonyl (C=O) groups is 1. The maximum atomic E-state index is 13.6. The number of H-pyrrole nitrogens is 1. The second kappa shape index (κ2) is 10.5. The molecular weight excluding hydrogens is 451 g/mol. The molecule has 0 radical (unpaired) electrons. The Balaban J connectivity index is 1.64. The molecule has 0 bridgehead atoms. The van der Waals surface area contributed by atoms with Crippen LogP contribution in [0.3, 0.4) is 0 Å². The van der Waals surface area contributed by atoms with E-state index in [-0.39, 0.29) is 31.0 Å². The molecule has 0 aliphatic carbocycles. The Morgan fingerprint density at radius 3 is 2.57 bits per heavy atom. The van der Waals surface area contributed by atoms with E-state index in [2.05, 4.69) is 25.6 Å². The topological polar surface area (TPSA) is 114 Å². The third-order valence-electron chi connectivity index (χ3n) is 5.58. The highest BCUT2D eigenvalue weighted by atomic mass is 19.1. The van der Waals surface area contributed by atoms with Gasteiger partial charge in [0.2, 0.25) is 18.1 Å². The van der Waals surface area contributed by atoms with Gasteiger partial charge >= 0.3 is 0 Å². The molecule has 35 heavy (non-hydrogen) atoms. The van der Waals surface area contributed by atoms with E-state index in [0.717, 1.165) is 6.42 Å². The third-order valence-corrected chi connectivity index (χ3v) is 5.58. The van der Waals surface area contributed by atoms with E-state index in [1.807, 2.05) is 27.7 Å². The van der Waals surface area contributed by atoms with E-state index in [1.54, 1.807) is 24.4 Å². The summed E-state index contributed by atoms with van der Waals surface area (Å²) in [4.78, 5) is 29.4. The molecule has 1 amide bonds. The smallest absolute Gasteiger partial charge is 0.230 e. The summed E-state index contributed by atoms with van der Waals surface area (Å²) in [6.07, 6.45) is 1.73. The fourth-order valence-corrected chi connectivity index (χ4v) is 3.68. The molecule has 1 fully saturated rings. The number of carbonyl (C=O) groups excluding carboxylic acids is 1. The predicted molar refractivity (Wildman–Crippen MR) is 130 cm³/mol. The summed E-state index contributed by atoms with van der Waals surface area (Å²) < 4.78 is 25.5. The zero-order chi connectivity index (χ0) is 25.0. The van der Waals surface area contributed by atoms with E-state index < -0.39 is 11.7 Å². The molecule has 0 atom stereocenters. The van der Waals surface area contributed by atoms with E-state index in [0.29, 0.717) is 41.0 Å². The molecule has 3 aromatic rings. The number of hydrogen-bond acceptors (Lipinski definition) is 7. The number of nitrogens with zero attached hydrogens (tertiary/aromatic N) is 3. The van der Waals surface area contributed by atoms with Gasteiger partial charge in [-0.25, -0.2) is 19.3 Å². The van der Waals surface area contributed by atoms with Gasteiger partial charge < -0.3 is 25.1 Å². The molecule has 0 saturated carbocycles. The fourth-order valence-electron chi connectivity index (χ4n) is 3.68. The first-order chi connectivity index (χ1) is 16.8. The lowest BCUT2D eigenvalue weighted by molar-refractivity contribution is -0.231. The Bertz CT molecular complexity index is 1160. The van der Waals surface area contributed by atoms with Crippen molar-refractivity contribution >= 4 is 11.9 Å². The van der Waals surface area contributed by atoms with Crippen molar-refractivity contribution in [3.8, 4) is 22.6 Å². The number of imidazole rings is 1. The van der Waals surface area contributed by atoms with E-state index in [9.17, 15) is 9.18 Å². The number of aromatic amines is 1. The van der Waals surface area contributed by atoms with Crippen molar-refractivity contribution in [2.75, 3.05) is 25.1 Å². The van der Waals surface area contributed by atoms with Crippen molar-refractivity contribution in [1.29, 1.82) is 0 Å². The number of rotatable bonds is 8. The van der Waals surface area contributed by atoms with Crippen molar-refractivity contribution in [3.05, 3.63) is 48.2 Å². The molecule has 1 aliphatic heterocycles. The molecule has 1 saturated heterocycles. The van der Waals surface area contributed by atoms with Crippen LogP contribution in [0.4, 0.5) is 10.3 Å². The van der Waals surface area contributed by atoms with Crippen molar-refractivity contribution in [3.63, 3.8) is 0 Å². The zero-order valence-corrected chi connectivity index (χ0v) is 20.4. The van der Waals surface area contributed by atoms with Crippen LogP contribution in [0.25, 0.3) is 22.6 Å². The minimum Gasteiger partial charge on any atom is -0.355 e. The molecule has 186 valence electrons. The number of anilines is 1. The standard InChI is InChI=1S/C25H31FN6O3/c1-5-11-27-23(33)25(4)13-34-22(35-14-25)21-31-19(16-6-8-17(26)9-7-16)20(32-21)18-10-12-28-24(30-18)29-15(2)3/h6-10,12,15,22H,5,11,13-14H2,1-4H3,(H,27,33)(H,31,32)(H,28,29,30). The molecule has 4 rings (SSSR count). The van der Waals surface area contributed by atoms with Crippen LogP contribution in [0, 0.1) is 11.2 Å². The Labute approximate surface area is 203 Å². The second-order valence-corrected chi connectivity index (χ2v) is 9.19. The average molecular weight is 483 g/mol. The van der Waals surface area contributed by atoms with Gasteiger partial charge in [0.25, 0.3) is 0 Å². The van der Waals surface area contributed by atoms with Crippen LogP contribution in [0.2, 0.25) is 0 Å². The van der Waals surface area contributed by atoms with Crippen molar-refractivity contribution < 1.29 is 18.7 Å². The van der Waals surface area contributed by atoms with Gasteiger partial charge in [-0.15, -0.1) is 0 Å². The van der Waals surface area contributed by atoms with Gasteiger partial charge in [0, 0.05) is 24.3 Å². The van der Waals surface area contributed by atoms with Crippen LogP contribution in [-0.2, 0) is 14.3 Å². The molecule has 3 heterocycles. The number of nitrogens with one attached hydrogen (secondary N) is 3. The second-order valence-electron chi connectivity index (χ2n) is 9.19. The highest BCUT2D eigenvalue weighted by Gasteiger charge is 2.40. The minimum atomic E-state index is -0.787. The molecule has 1 aromatic carbocycles. The molecule has 0 unspecified atom stereocenters. The maximum absolute atomic E-state index is 13.6. The van der Waals surface area contributed by atoms with Crippen molar-refractivity contribution in [2.45, 2.75) is 46.4 Å². The molecule has 9 nitrogen and oxygen atoms in total. The first kappa shape index (κ1) is 24.7. The summed E-state index contributed by atoms with van der Waals surface area (Å²) in [6.45, 7) is 8.79. The maximum Gasteiger partial charge on any atom is 0.230 e. The Kier molecular flexibility index (Phi) is 7.42. The average Bonchev–Trinajstić information content (AvgIpc) is 3.28. The lowest BCUT2D eigenvalue weighted by Gasteiger charge is -2.35. The molecule has 1 aliphatic rings. The Hall–Kier alpha value is -3.37. The normalized spacial score (nSPS) is 20.1. The van der Waals surface area contributed by atoms with Crippen LogP contribution in [0.5, 0.6) is 0 Å². The Morgan fingerprint density at radius 2 is 1.91 bits per heavy atom. The monoisotopic (exact) mass is 482 g/mol. The lowest BCUT2D eigenvalue weighted by Crippen LogP contribution is -2.48. The number of halogens is 1. The van der Waals surface area contributed by atoms with Crippen LogP contribution in [-0.4, -0.2) is 51.6 Å². The van der Waals surface area contributed by atoms with Gasteiger partial charge in [-0.2, -0.15) is 0 Å². The summed E-state index contributed by atoms with van der Waals surface area (Å²) in [7, 11) is 0. The van der Waals surface area contributed by atoms with Gasteiger partial charge in [0.15, 0.2) is 5.82 Å². The van der Waals surface area contributed by atoms with Gasteiger partial charge in [-0.3, -0.25) is 4.79 Å². The number of ether oxygens (including phenoxy) is 2. The Morgan fingerprint density at radius 1 is 1.20 bits per heavy atom. The summed E-state index contributed by atoms with van der Waals surface area (Å²) in [5, 5.41) is 6.10. The van der Waals surface area contributed by atoms with Crippen LogP contribution >= 0.6 is 0 Å². The molecule has 10 heteroatoms. The van der Waals surface area contributed by atoms with Crippen molar-refractivity contribution in [2.24, 2.45) is 5.41 Å². The number of aromatic nitrogens is 4. The first-order valence-electron chi connectivity index (χ1n) is 11.8. The third kappa shape index (κ3) is 5.66. The quantitative estimate of drug-likeness (QED) is 0.443. The predicted octanol–water partition coefficient (Wildman–Crippen LogP) is 4.07. The van der Waals surface area contributed by atoms with E-state index >= 15 is 0 Å². The fraction of sp³-hybridized carbons (Fsp3) is 0.440. The summed E-state index contributed by atoms with van der Waals surface area (Å²) in [6, 6.07) is 8.01. The van der Waals surface area contributed by atoms with Gasteiger partial charge in [-0.1, -0.05) is 6.92 Å².